The molecule has 1 amide bonds. The van der Waals surface area contributed by atoms with E-state index in [2.05, 4.69) is 20.5 Å². The van der Waals surface area contributed by atoms with E-state index < -0.39 is 5.60 Å². The largest absolute Gasteiger partial charge is 0.444 e. The number of nitrogens with zero attached hydrogens (tertiary/aromatic N) is 3. The molecular formula is C18H35N5O2. The predicted molar refractivity (Wildman–Crippen MR) is 101 cm³/mol. The van der Waals surface area contributed by atoms with Gasteiger partial charge in [-0.2, -0.15) is 0 Å². The first-order chi connectivity index (χ1) is 11.9. The standard InChI is InChI=1S/C18H35N5O2/c1-18(2,3)25-17(24)23-13-11-22(12-14-23)10-9-20-16(19-4)21-15-7-5-6-8-15/h15H,5-14H2,1-4H3,(H2,19,20,21). The highest BCUT2D eigenvalue weighted by Crippen LogP contribution is 2.17. The maximum Gasteiger partial charge on any atom is 0.410 e. The van der Waals surface area contributed by atoms with Crippen LogP contribution < -0.4 is 10.6 Å². The molecule has 7 heteroatoms. The van der Waals surface area contributed by atoms with Gasteiger partial charge < -0.3 is 20.3 Å². The first-order valence-corrected chi connectivity index (χ1v) is 9.55. The van der Waals surface area contributed by atoms with Crippen molar-refractivity contribution in [3.63, 3.8) is 0 Å². The van der Waals surface area contributed by atoms with Crippen LogP contribution in [0.5, 0.6) is 0 Å². The molecule has 1 aliphatic carbocycles. The quantitative estimate of drug-likeness (QED) is 0.594. The highest BCUT2D eigenvalue weighted by Gasteiger charge is 2.25. The van der Waals surface area contributed by atoms with Gasteiger partial charge in [0.1, 0.15) is 5.60 Å². The first kappa shape index (κ1) is 19.8. The summed E-state index contributed by atoms with van der Waals surface area (Å²) in [5.41, 5.74) is -0.430. The molecule has 25 heavy (non-hydrogen) atoms. The van der Waals surface area contributed by atoms with Gasteiger partial charge in [-0.3, -0.25) is 9.89 Å². The zero-order valence-corrected chi connectivity index (χ0v) is 16.3. The Balaban J connectivity index is 1.62. The average Bonchev–Trinajstić information content (AvgIpc) is 3.06. The maximum absolute atomic E-state index is 12.1. The lowest BCUT2D eigenvalue weighted by atomic mass is 10.2. The third-order valence-corrected chi connectivity index (χ3v) is 4.66. The Labute approximate surface area is 152 Å². The molecule has 7 nitrogen and oxygen atoms in total. The van der Waals surface area contributed by atoms with Crippen molar-refractivity contribution in [2.75, 3.05) is 46.3 Å². The van der Waals surface area contributed by atoms with E-state index in [1.54, 1.807) is 4.90 Å². The van der Waals surface area contributed by atoms with E-state index in [-0.39, 0.29) is 6.09 Å². The van der Waals surface area contributed by atoms with Crippen molar-refractivity contribution in [2.24, 2.45) is 4.99 Å². The van der Waals surface area contributed by atoms with Crippen LogP contribution in [0.15, 0.2) is 4.99 Å². The molecular weight excluding hydrogens is 318 g/mol. The van der Waals surface area contributed by atoms with Crippen LogP contribution in [0.3, 0.4) is 0 Å². The molecule has 144 valence electrons. The van der Waals surface area contributed by atoms with Crippen molar-refractivity contribution in [1.82, 2.24) is 20.4 Å². The summed E-state index contributed by atoms with van der Waals surface area (Å²) in [5, 5.41) is 6.90. The second-order valence-electron chi connectivity index (χ2n) is 7.93. The monoisotopic (exact) mass is 353 g/mol. The summed E-state index contributed by atoms with van der Waals surface area (Å²) in [6.07, 6.45) is 4.92. The maximum atomic E-state index is 12.1. The second-order valence-corrected chi connectivity index (χ2v) is 7.93. The van der Waals surface area contributed by atoms with Crippen LogP contribution in [-0.2, 0) is 4.74 Å². The van der Waals surface area contributed by atoms with Gasteiger partial charge in [0.2, 0.25) is 0 Å². The molecule has 0 unspecified atom stereocenters. The van der Waals surface area contributed by atoms with Crippen LogP contribution in [0.4, 0.5) is 4.79 Å². The van der Waals surface area contributed by atoms with Gasteiger partial charge in [-0.25, -0.2) is 4.79 Å². The summed E-state index contributed by atoms with van der Waals surface area (Å²) < 4.78 is 5.43. The molecule has 0 aromatic heterocycles. The SMILES string of the molecule is CN=C(NCCN1CCN(C(=O)OC(C)(C)C)CC1)NC1CCCC1. The molecule has 0 aromatic rings. The molecule has 1 aliphatic heterocycles. The predicted octanol–water partition coefficient (Wildman–Crippen LogP) is 1.65. The molecule has 0 spiro atoms. The Bertz CT molecular complexity index is 447. The summed E-state index contributed by atoms with van der Waals surface area (Å²) in [5.74, 6) is 0.902. The molecule has 0 aromatic carbocycles. The minimum atomic E-state index is -0.430. The summed E-state index contributed by atoms with van der Waals surface area (Å²) >= 11 is 0. The van der Waals surface area contributed by atoms with Crippen molar-refractivity contribution in [1.29, 1.82) is 0 Å². The fraction of sp³-hybridized carbons (Fsp3) is 0.889. The van der Waals surface area contributed by atoms with E-state index in [1.807, 2.05) is 27.8 Å². The van der Waals surface area contributed by atoms with Crippen LogP contribution in [0.1, 0.15) is 46.5 Å². The lowest BCUT2D eigenvalue weighted by Gasteiger charge is -2.35. The molecule has 2 N–H and O–H groups in total. The van der Waals surface area contributed by atoms with Gasteiger partial charge in [0.25, 0.3) is 0 Å². The van der Waals surface area contributed by atoms with Gasteiger partial charge >= 0.3 is 6.09 Å². The first-order valence-electron chi connectivity index (χ1n) is 9.55. The van der Waals surface area contributed by atoms with Crippen molar-refractivity contribution in [2.45, 2.75) is 58.1 Å². The van der Waals surface area contributed by atoms with Gasteiger partial charge in [-0.1, -0.05) is 12.8 Å². The van der Waals surface area contributed by atoms with E-state index in [1.165, 1.54) is 25.7 Å². The minimum absolute atomic E-state index is 0.202. The average molecular weight is 354 g/mol. The highest BCUT2D eigenvalue weighted by atomic mass is 16.6. The zero-order chi connectivity index (χ0) is 18.3. The molecule has 1 saturated carbocycles. The van der Waals surface area contributed by atoms with Gasteiger partial charge in [-0.05, 0) is 33.6 Å². The van der Waals surface area contributed by atoms with Crippen molar-refractivity contribution >= 4 is 12.1 Å². The number of guanidine groups is 1. The van der Waals surface area contributed by atoms with Crippen LogP contribution in [0, 0.1) is 0 Å². The molecule has 1 heterocycles. The molecule has 0 atom stereocenters. The molecule has 0 radical (unpaired) electrons. The van der Waals surface area contributed by atoms with Crippen LogP contribution >= 0.6 is 0 Å². The van der Waals surface area contributed by atoms with Gasteiger partial charge in [0.15, 0.2) is 5.96 Å². The number of amides is 1. The highest BCUT2D eigenvalue weighted by molar-refractivity contribution is 5.79. The third kappa shape index (κ3) is 7.10. The van der Waals surface area contributed by atoms with Crippen LogP contribution in [-0.4, -0.2) is 79.8 Å². The minimum Gasteiger partial charge on any atom is -0.444 e. The normalized spacial score (nSPS) is 20.6. The van der Waals surface area contributed by atoms with Crippen LogP contribution in [0.25, 0.3) is 0 Å². The third-order valence-electron chi connectivity index (χ3n) is 4.66. The van der Waals surface area contributed by atoms with E-state index in [0.29, 0.717) is 6.04 Å². The van der Waals surface area contributed by atoms with E-state index in [0.717, 1.165) is 45.2 Å². The Morgan fingerprint density at radius 1 is 1.16 bits per heavy atom. The summed E-state index contributed by atoms with van der Waals surface area (Å²) in [4.78, 5) is 20.6. The lowest BCUT2D eigenvalue weighted by molar-refractivity contribution is 0.0147. The number of carbonyl (C=O) groups excluding carboxylic acids is 1. The Morgan fingerprint density at radius 3 is 2.36 bits per heavy atom. The van der Waals surface area contributed by atoms with Gasteiger partial charge in [0, 0.05) is 52.4 Å². The number of carbonyl (C=O) groups is 1. The van der Waals surface area contributed by atoms with Crippen molar-refractivity contribution < 1.29 is 9.53 Å². The van der Waals surface area contributed by atoms with Gasteiger partial charge in [0.05, 0.1) is 0 Å². The van der Waals surface area contributed by atoms with E-state index in [4.69, 9.17) is 4.74 Å². The molecule has 0 bridgehead atoms. The van der Waals surface area contributed by atoms with Crippen molar-refractivity contribution in [3.8, 4) is 0 Å². The van der Waals surface area contributed by atoms with Crippen molar-refractivity contribution in [3.05, 3.63) is 0 Å². The summed E-state index contributed by atoms with van der Waals surface area (Å²) in [7, 11) is 1.82. The number of nitrogens with one attached hydrogen (secondary N) is 2. The van der Waals surface area contributed by atoms with Crippen LogP contribution in [0.2, 0.25) is 0 Å². The Hall–Kier alpha value is -1.50. The number of piperazine rings is 1. The fourth-order valence-electron chi connectivity index (χ4n) is 3.27. The number of hydrogen-bond donors (Lipinski definition) is 2. The zero-order valence-electron chi connectivity index (χ0n) is 16.3. The van der Waals surface area contributed by atoms with E-state index >= 15 is 0 Å². The molecule has 1 saturated heterocycles. The molecule has 2 aliphatic rings. The fourth-order valence-corrected chi connectivity index (χ4v) is 3.27. The second kappa shape index (κ2) is 9.27. The number of hydrogen-bond acceptors (Lipinski definition) is 4. The Kier molecular flexibility index (Phi) is 7.35. The van der Waals surface area contributed by atoms with Gasteiger partial charge in [-0.15, -0.1) is 0 Å². The summed E-state index contributed by atoms with van der Waals surface area (Å²) in [6.45, 7) is 10.7. The molecule has 2 fully saturated rings. The summed E-state index contributed by atoms with van der Waals surface area (Å²) in [6, 6.07) is 0.573. The smallest absolute Gasteiger partial charge is 0.410 e. The lowest BCUT2D eigenvalue weighted by Crippen LogP contribution is -2.52. The number of ether oxygens (including phenoxy) is 1. The molecule has 2 rings (SSSR count). The number of rotatable bonds is 4. The topological polar surface area (TPSA) is 69.2 Å². The Morgan fingerprint density at radius 2 is 1.80 bits per heavy atom. The number of aliphatic imine (C=N–C) groups is 1. The van der Waals surface area contributed by atoms with E-state index in [9.17, 15) is 4.79 Å².